The fourth-order valence-electron chi connectivity index (χ4n) is 1.63. The highest BCUT2D eigenvalue weighted by Crippen LogP contribution is 2.19. The largest absolute Gasteiger partial charge is 0.317 e. The van der Waals surface area contributed by atoms with Gasteiger partial charge >= 0.3 is 0 Å². The number of benzene rings is 1. The minimum absolute atomic E-state index is 0.802. The summed E-state index contributed by atoms with van der Waals surface area (Å²) < 4.78 is 0. The molecule has 1 nitrogen and oxygen atoms in total. The molecule has 1 atom stereocenters. The third-order valence-corrected chi connectivity index (χ3v) is 3.69. The van der Waals surface area contributed by atoms with Gasteiger partial charge in [-0.2, -0.15) is 0 Å². The van der Waals surface area contributed by atoms with Gasteiger partial charge in [0.25, 0.3) is 0 Å². The van der Waals surface area contributed by atoms with E-state index in [-0.39, 0.29) is 0 Å². The van der Waals surface area contributed by atoms with Crippen LogP contribution in [0.5, 0.6) is 0 Å². The van der Waals surface area contributed by atoms with E-state index in [9.17, 15) is 0 Å². The first-order valence-corrected chi connectivity index (χ1v) is 7.20. The lowest BCUT2D eigenvalue weighted by atomic mass is 10.1. The van der Waals surface area contributed by atoms with Gasteiger partial charge in [0.2, 0.25) is 0 Å². The van der Waals surface area contributed by atoms with Crippen molar-refractivity contribution in [2.24, 2.45) is 5.92 Å². The molecule has 1 unspecified atom stereocenters. The Balaban J connectivity index is 2.03. The number of hydrogen-bond acceptors (Lipinski definition) is 2. The van der Waals surface area contributed by atoms with Crippen LogP contribution < -0.4 is 5.32 Å². The highest BCUT2D eigenvalue weighted by molar-refractivity contribution is 7.99. The number of rotatable bonds is 8. The molecular formula is C14H23NS. The highest BCUT2D eigenvalue weighted by atomic mass is 32.2. The van der Waals surface area contributed by atoms with E-state index >= 15 is 0 Å². The van der Waals surface area contributed by atoms with Crippen molar-refractivity contribution in [3.05, 3.63) is 30.3 Å². The molecule has 0 radical (unpaired) electrons. The molecule has 1 aromatic rings. The lowest BCUT2D eigenvalue weighted by molar-refractivity contribution is 0.485. The maximum absolute atomic E-state index is 3.40. The lowest BCUT2D eigenvalue weighted by Gasteiger charge is -2.11. The van der Waals surface area contributed by atoms with Gasteiger partial charge in [-0.25, -0.2) is 0 Å². The minimum Gasteiger partial charge on any atom is -0.317 e. The number of nitrogens with one attached hydrogen (secondary N) is 1. The predicted octanol–water partition coefficient (Wildman–Crippen LogP) is 3.80. The Morgan fingerprint density at radius 2 is 2.00 bits per heavy atom. The first kappa shape index (κ1) is 13.6. The van der Waals surface area contributed by atoms with Gasteiger partial charge in [0.05, 0.1) is 0 Å². The molecule has 2 heteroatoms. The molecule has 1 aromatic carbocycles. The van der Waals surface area contributed by atoms with Crippen molar-refractivity contribution in [1.29, 1.82) is 0 Å². The van der Waals surface area contributed by atoms with Crippen LogP contribution in [0.15, 0.2) is 35.2 Å². The molecular weight excluding hydrogens is 214 g/mol. The van der Waals surface area contributed by atoms with E-state index in [1.807, 2.05) is 11.8 Å². The molecule has 0 aliphatic heterocycles. The molecule has 0 amide bonds. The van der Waals surface area contributed by atoms with Crippen LogP contribution in [0, 0.1) is 5.92 Å². The summed E-state index contributed by atoms with van der Waals surface area (Å²) >= 11 is 1.97. The Morgan fingerprint density at radius 3 is 2.69 bits per heavy atom. The standard InChI is InChI=1S/C14H23NS/c1-3-15-12-13(2)8-7-11-16-14-9-5-4-6-10-14/h4-6,9-10,13,15H,3,7-8,11-12H2,1-2H3. The summed E-state index contributed by atoms with van der Waals surface area (Å²) in [6, 6.07) is 10.7. The Kier molecular flexibility index (Phi) is 7.35. The van der Waals surface area contributed by atoms with Gasteiger partial charge in [-0.3, -0.25) is 0 Å². The second-order valence-corrected chi connectivity index (χ2v) is 5.38. The van der Waals surface area contributed by atoms with Crippen molar-refractivity contribution in [1.82, 2.24) is 5.32 Å². The van der Waals surface area contributed by atoms with Crippen LogP contribution in [0.1, 0.15) is 26.7 Å². The van der Waals surface area contributed by atoms with Crippen LogP contribution in [0.25, 0.3) is 0 Å². The zero-order valence-electron chi connectivity index (χ0n) is 10.4. The van der Waals surface area contributed by atoms with Gasteiger partial charge in [0.15, 0.2) is 0 Å². The first-order chi connectivity index (χ1) is 7.83. The van der Waals surface area contributed by atoms with Gasteiger partial charge in [0.1, 0.15) is 0 Å². The predicted molar refractivity (Wildman–Crippen MR) is 74.1 cm³/mol. The van der Waals surface area contributed by atoms with Crippen molar-refractivity contribution in [3.8, 4) is 0 Å². The van der Waals surface area contributed by atoms with Crippen LogP contribution in [-0.2, 0) is 0 Å². The molecule has 90 valence electrons. The highest BCUT2D eigenvalue weighted by Gasteiger charge is 2.00. The SMILES string of the molecule is CCNCC(C)CCCSc1ccccc1. The second-order valence-electron chi connectivity index (χ2n) is 4.22. The molecule has 0 aromatic heterocycles. The molecule has 0 saturated heterocycles. The van der Waals surface area contributed by atoms with Gasteiger partial charge in [-0.1, -0.05) is 32.0 Å². The molecule has 1 rings (SSSR count). The second kappa shape index (κ2) is 8.66. The summed E-state index contributed by atoms with van der Waals surface area (Å²) in [7, 11) is 0. The Labute approximate surface area is 104 Å². The maximum Gasteiger partial charge on any atom is 0.00719 e. The topological polar surface area (TPSA) is 12.0 Å². The van der Waals surface area contributed by atoms with Gasteiger partial charge < -0.3 is 5.32 Å². The summed E-state index contributed by atoms with van der Waals surface area (Å²) in [4.78, 5) is 1.39. The van der Waals surface area contributed by atoms with Crippen LogP contribution >= 0.6 is 11.8 Å². The molecule has 0 fully saturated rings. The third kappa shape index (κ3) is 6.19. The van der Waals surface area contributed by atoms with E-state index in [0.717, 1.165) is 19.0 Å². The molecule has 0 aliphatic carbocycles. The van der Waals surface area contributed by atoms with Gasteiger partial charge in [0, 0.05) is 4.90 Å². The maximum atomic E-state index is 3.40. The van der Waals surface area contributed by atoms with E-state index in [4.69, 9.17) is 0 Å². The van der Waals surface area contributed by atoms with Crippen molar-refractivity contribution in [3.63, 3.8) is 0 Å². The normalized spacial score (nSPS) is 12.6. The molecule has 1 N–H and O–H groups in total. The van der Waals surface area contributed by atoms with Crippen LogP contribution in [-0.4, -0.2) is 18.8 Å². The summed E-state index contributed by atoms with van der Waals surface area (Å²) in [5, 5.41) is 3.40. The average molecular weight is 237 g/mol. The summed E-state index contributed by atoms with van der Waals surface area (Å²) in [6.45, 7) is 6.74. The van der Waals surface area contributed by atoms with E-state index in [1.54, 1.807) is 0 Å². The molecule has 0 spiro atoms. The van der Waals surface area contributed by atoms with E-state index in [1.165, 1.54) is 23.5 Å². The van der Waals surface area contributed by atoms with Crippen LogP contribution in [0.3, 0.4) is 0 Å². The zero-order chi connectivity index (χ0) is 11.6. The van der Waals surface area contributed by atoms with E-state index < -0.39 is 0 Å². The van der Waals surface area contributed by atoms with Crippen molar-refractivity contribution in [2.75, 3.05) is 18.8 Å². The lowest BCUT2D eigenvalue weighted by Crippen LogP contribution is -2.20. The smallest absolute Gasteiger partial charge is 0.00719 e. The Hall–Kier alpha value is -0.470. The van der Waals surface area contributed by atoms with Gasteiger partial charge in [-0.15, -0.1) is 11.8 Å². The molecule has 0 saturated carbocycles. The molecule has 16 heavy (non-hydrogen) atoms. The van der Waals surface area contributed by atoms with Crippen LogP contribution in [0.4, 0.5) is 0 Å². The molecule has 0 bridgehead atoms. The summed E-state index contributed by atoms with van der Waals surface area (Å²) in [6.07, 6.45) is 2.64. The van der Waals surface area contributed by atoms with Crippen LogP contribution in [0.2, 0.25) is 0 Å². The molecule has 0 aliphatic rings. The molecule has 0 heterocycles. The zero-order valence-corrected chi connectivity index (χ0v) is 11.2. The Morgan fingerprint density at radius 1 is 1.25 bits per heavy atom. The van der Waals surface area contributed by atoms with Crippen molar-refractivity contribution in [2.45, 2.75) is 31.6 Å². The van der Waals surface area contributed by atoms with E-state index in [0.29, 0.717) is 0 Å². The van der Waals surface area contributed by atoms with Crippen molar-refractivity contribution < 1.29 is 0 Å². The number of hydrogen-bond donors (Lipinski definition) is 1. The average Bonchev–Trinajstić information content (AvgIpc) is 2.33. The van der Waals surface area contributed by atoms with Crippen molar-refractivity contribution >= 4 is 11.8 Å². The van der Waals surface area contributed by atoms with E-state index in [2.05, 4.69) is 49.5 Å². The third-order valence-electron chi connectivity index (χ3n) is 2.60. The quantitative estimate of drug-likeness (QED) is 0.545. The summed E-state index contributed by atoms with van der Waals surface area (Å²) in [5.74, 6) is 2.04. The Bertz CT molecular complexity index is 261. The minimum atomic E-state index is 0.802. The first-order valence-electron chi connectivity index (χ1n) is 6.21. The fourth-order valence-corrected chi connectivity index (χ4v) is 2.53. The fraction of sp³-hybridized carbons (Fsp3) is 0.571. The van der Waals surface area contributed by atoms with Gasteiger partial charge in [-0.05, 0) is 49.7 Å². The monoisotopic (exact) mass is 237 g/mol. The number of thioether (sulfide) groups is 1. The summed E-state index contributed by atoms with van der Waals surface area (Å²) in [5.41, 5.74) is 0.